The first-order chi connectivity index (χ1) is 17.5. The summed E-state index contributed by atoms with van der Waals surface area (Å²) in [5.74, 6) is 0.413. The molecule has 0 radical (unpaired) electrons. The van der Waals surface area contributed by atoms with Crippen molar-refractivity contribution < 1.29 is 28.9 Å². The first-order valence-electron chi connectivity index (χ1n) is 11.1. The van der Waals surface area contributed by atoms with Gasteiger partial charge in [0.15, 0.2) is 17.3 Å². The summed E-state index contributed by atoms with van der Waals surface area (Å²) < 4.78 is 16.7. The molecule has 0 aliphatic carbocycles. The zero-order valence-electron chi connectivity index (χ0n) is 19.8. The highest BCUT2D eigenvalue weighted by atomic mass is 32.1. The molecule has 0 fully saturated rings. The van der Waals surface area contributed by atoms with Gasteiger partial charge >= 0.3 is 5.97 Å². The van der Waals surface area contributed by atoms with E-state index >= 15 is 0 Å². The number of allylic oxidation sites excluding steroid dienone is 1. The van der Waals surface area contributed by atoms with Gasteiger partial charge in [0.2, 0.25) is 0 Å². The van der Waals surface area contributed by atoms with Crippen molar-refractivity contribution in [3.05, 3.63) is 107 Å². The number of rotatable bonds is 10. The van der Waals surface area contributed by atoms with Crippen molar-refractivity contribution in [1.29, 1.82) is 0 Å². The fourth-order valence-electron chi connectivity index (χ4n) is 3.57. The number of aromatic carboxylic acids is 1. The normalized spacial score (nSPS) is 10.8. The Kier molecular flexibility index (Phi) is 7.82. The lowest BCUT2D eigenvalue weighted by molar-refractivity contribution is 0.0696. The molecule has 36 heavy (non-hydrogen) atoms. The van der Waals surface area contributed by atoms with Crippen molar-refractivity contribution >= 4 is 29.2 Å². The Bertz CT molecular complexity index is 1390. The number of hydrogen-bond donors (Lipinski definition) is 1. The summed E-state index contributed by atoms with van der Waals surface area (Å²) >= 11 is 1.65. The molecule has 7 heteroatoms. The van der Waals surface area contributed by atoms with Crippen LogP contribution >= 0.6 is 11.3 Å². The summed E-state index contributed by atoms with van der Waals surface area (Å²) in [6, 6.07) is 21.4. The van der Waals surface area contributed by atoms with Crippen LogP contribution in [-0.2, 0) is 6.61 Å². The van der Waals surface area contributed by atoms with Crippen LogP contribution in [-0.4, -0.2) is 31.1 Å². The number of hydrogen-bond acceptors (Lipinski definition) is 6. The summed E-state index contributed by atoms with van der Waals surface area (Å²) in [5, 5.41) is 11.0. The number of benzene rings is 3. The molecule has 0 saturated heterocycles. The van der Waals surface area contributed by atoms with Crippen molar-refractivity contribution in [2.24, 2.45) is 0 Å². The molecule has 1 N–H and O–H groups in total. The maximum atomic E-state index is 12.9. The molecule has 0 bridgehead atoms. The van der Waals surface area contributed by atoms with Crippen molar-refractivity contribution in [3.8, 4) is 27.7 Å². The lowest BCUT2D eigenvalue weighted by Gasteiger charge is -2.12. The van der Waals surface area contributed by atoms with Crippen LogP contribution in [0.5, 0.6) is 17.2 Å². The van der Waals surface area contributed by atoms with Gasteiger partial charge in [-0.25, -0.2) is 4.79 Å². The van der Waals surface area contributed by atoms with E-state index in [2.05, 4.69) is 0 Å². The quantitative estimate of drug-likeness (QED) is 0.195. The highest BCUT2D eigenvalue weighted by Gasteiger charge is 2.11. The minimum absolute atomic E-state index is 0.187. The molecule has 6 nitrogen and oxygen atoms in total. The van der Waals surface area contributed by atoms with Gasteiger partial charge in [0, 0.05) is 16.0 Å². The summed E-state index contributed by atoms with van der Waals surface area (Å²) in [6.07, 6.45) is 3.26. The van der Waals surface area contributed by atoms with Gasteiger partial charge in [-0.15, -0.1) is 11.3 Å². The number of carboxylic acid groups (broad SMARTS) is 1. The summed E-state index contributed by atoms with van der Waals surface area (Å²) in [7, 11) is 3.11. The Morgan fingerprint density at radius 2 is 1.58 bits per heavy atom. The summed E-state index contributed by atoms with van der Waals surface area (Å²) in [5.41, 5.74) is 3.33. The average Bonchev–Trinajstić information content (AvgIpc) is 3.45. The predicted octanol–water partition coefficient (Wildman–Crippen LogP) is 6.61. The standard InChI is InChI=1S/C29H24O6S/c1-33-25-13-11-23(28-4-3-15-36-28)16-22(25)9-12-24(30)21-10-14-26(27(17-21)34-2)35-18-19-5-7-20(8-6-19)29(31)32/h3-17H,18H2,1-2H3,(H,31,32)/b12-9+. The topological polar surface area (TPSA) is 82.1 Å². The summed E-state index contributed by atoms with van der Waals surface area (Å²) in [4.78, 5) is 25.0. The van der Waals surface area contributed by atoms with E-state index in [1.807, 2.05) is 35.7 Å². The Hall–Kier alpha value is -4.36. The Balaban J connectivity index is 1.48. The van der Waals surface area contributed by atoms with Crippen LogP contribution in [0, 0.1) is 0 Å². The fraction of sp³-hybridized carbons (Fsp3) is 0.103. The molecule has 4 aromatic rings. The average molecular weight is 501 g/mol. The number of carbonyl (C=O) groups is 2. The molecule has 0 spiro atoms. The van der Waals surface area contributed by atoms with E-state index in [-0.39, 0.29) is 18.0 Å². The van der Waals surface area contributed by atoms with E-state index in [0.29, 0.717) is 22.8 Å². The zero-order chi connectivity index (χ0) is 25.5. The molecule has 0 amide bonds. The number of ketones is 1. The molecular formula is C29H24O6S. The molecule has 0 unspecified atom stereocenters. The Morgan fingerprint density at radius 1 is 0.861 bits per heavy atom. The Labute approximate surface area is 213 Å². The highest BCUT2D eigenvalue weighted by molar-refractivity contribution is 7.13. The minimum Gasteiger partial charge on any atom is -0.496 e. The van der Waals surface area contributed by atoms with Crippen LogP contribution in [0.15, 0.2) is 84.3 Å². The van der Waals surface area contributed by atoms with Gasteiger partial charge in [-0.1, -0.05) is 18.2 Å². The third-order valence-corrected chi connectivity index (χ3v) is 6.41. The van der Waals surface area contributed by atoms with Crippen LogP contribution < -0.4 is 14.2 Å². The second-order valence-corrected chi connectivity index (χ2v) is 8.74. The molecule has 0 saturated carbocycles. The van der Waals surface area contributed by atoms with Gasteiger partial charge < -0.3 is 19.3 Å². The lowest BCUT2D eigenvalue weighted by atomic mass is 10.1. The molecule has 1 aromatic heterocycles. The second-order valence-electron chi connectivity index (χ2n) is 7.79. The van der Waals surface area contributed by atoms with Crippen LogP contribution in [0.4, 0.5) is 0 Å². The van der Waals surface area contributed by atoms with Gasteiger partial charge in [-0.2, -0.15) is 0 Å². The summed E-state index contributed by atoms with van der Waals surface area (Å²) in [6.45, 7) is 0.226. The minimum atomic E-state index is -0.980. The molecule has 182 valence electrons. The van der Waals surface area contributed by atoms with Gasteiger partial charge in [-0.3, -0.25) is 4.79 Å². The predicted molar refractivity (Wildman–Crippen MR) is 140 cm³/mol. The highest BCUT2D eigenvalue weighted by Crippen LogP contribution is 2.31. The van der Waals surface area contributed by atoms with Crippen molar-refractivity contribution in [2.75, 3.05) is 14.2 Å². The molecule has 1 heterocycles. The van der Waals surface area contributed by atoms with E-state index in [4.69, 9.17) is 19.3 Å². The monoisotopic (exact) mass is 500 g/mol. The van der Waals surface area contributed by atoms with Gasteiger partial charge in [0.25, 0.3) is 0 Å². The van der Waals surface area contributed by atoms with Crippen LogP contribution in [0.2, 0.25) is 0 Å². The third kappa shape index (κ3) is 5.82. The first kappa shape index (κ1) is 24.8. The van der Waals surface area contributed by atoms with Crippen LogP contribution in [0.1, 0.15) is 31.8 Å². The maximum absolute atomic E-state index is 12.9. The third-order valence-electron chi connectivity index (χ3n) is 5.49. The number of methoxy groups -OCH3 is 2. The number of carbonyl (C=O) groups excluding carboxylic acids is 1. The molecule has 4 rings (SSSR count). The smallest absolute Gasteiger partial charge is 0.335 e. The molecule has 0 aliphatic rings. The molecular weight excluding hydrogens is 476 g/mol. The number of carboxylic acids is 1. The van der Waals surface area contributed by atoms with Crippen LogP contribution in [0.3, 0.4) is 0 Å². The van der Waals surface area contributed by atoms with E-state index in [1.54, 1.807) is 54.9 Å². The molecule has 0 atom stereocenters. The van der Waals surface area contributed by atoms with E-state index in [9.17, 15) is 9.59 Å². The Morgan fingerprint density at radius 3 is 2.25 bits per heavy atom. The molecule has 3 aromatic carbocycles. The van der Waals surface area contributed by atoms with Crippen molar-refractivity contribution in [3.63, 3.8) is 0 Å². The number of thiophene rings is 1. The second kappa shape index (κ2) is 11.4. The van der Waals surface area contributed by atoms with Gasteiger partial charge in [0.1, 0.15) is 12.4 Å². The van der Waals surface area contributed by atoms with E-state index < -0.39 is 5.97 Å². The largest absolute Gasteiger partial charge is 0.496 e. The van der Waals surface area contributed by atoms with E-state index in [0.717, 1.165) is 21.6 Å². The van der Waals surface area contributed by atoms with Crippen molar-refractivity contribution in [1.82, 2.24) is 0 Å². The van der Waals surface area contributed by atoms with Crippen LogP contribution in [0.25, 0.3) is 16.5 Å². The van der Waals surface area contributed by atoms with Crippen molar-refractivity contribution in [2.45, 2.75) is 6.61 Å². The maximum Gasteiger partial charge on any atom is 0.335 e. The fourth-order valence-corrected chi connectivity index (χ4v) is 4.29. The number of ether oxygens (including phenoxy) is 3. The van der Waals surface area contributed by atoms with Gasteiger partial charge in [0.05, 0.1) is 19.8 Å². The lowest BCUT2D eigenvalue weighted by Crippen LogP contribution is -2.01. The first-order valence-corrected chi connectivity index (χ1v) is 11.9. The SMILES string of the molecule is COc1ccc(-c2cccs2)cc1/C=C/C(=O)c1ccc(OCc2ccc(C(=O)O)cc2)c(OC)c1. The van der Waals surface area contributed by atoms with E-state index in [1.165, 1.54) is 25.3 Å². The van der Waals surface area contributed by atoms with Gasteiger partial charge in [-0.05, 0) is 83.3 Å². The molecule has 0 aliphatic heterocycles. The zero-order valence-corrected chi connectivity index (χ0v) is 20.6.